The van der Waals surface area contributed by atoms with Crippen molar-refractivity contribution in [1.82, 2.24) is 5.32 Å². The lowest BCUT2D eigenvalue weighted by Gasteiger charge is -2.34. The molecule has 158 valence electrons. The third kappa shape index (κ3) is 3.76. The Labute approximate surface area is 175 Å². The maximum absolute atomic E-state index is 13.3. The highest BCUT2D eigenvalue weighted by molar-refractivity contribution is 6.04. The van der Waals surface area contributed by atoms with Gasteiger partial charge in [-0.1, -0.05) is 24.6 Å². The van der Waals surface area contributed by atoms with Gasteiger partial charge in [0.05, 0.1) is 16.4 Å². The van der Waals surface area contributed by atoms with E-state index in [2.05, 4.69) is 5.32 Å². The Hall–Kier alpha value is -2.96. The maximum atomic E-state index is 13.3. The third-order valence-electron chi connectivity index (χ3n) is 6.27. The number of ketones is 1. The van der Waals surface area contributed by atoms with Crippen molar-refractivity contribution in [1.29, 1.82) is 0 Å². The van der Waals surface area contributed by atoms with Crippen molar-refractivity contribution in [2.24, 2.45) is 0 Å². The van der Waals surface area contributed by atoms with Crippen LogP contribution < -0.4 is 5.32 Å². The molecule has 0 aromatic heterocycles. The monoisotopic (exact) mass is 410 g/mol. The molecule has 1 saturated carbocycles. The van der Waals surface area contributed by atoms with E-state index >= 15 is 0 Å². The molecule has 0 unspecified atom stereocenters. The Morgan fingerprint density at radius 3 is 2.60 bits per heavy atom. The van der Waals surface area contributed by atoms with Gasteiger partial charge in [0.1, 0.15) is 6.10 Å². The van der Waals surface area contributed by atoms with Gasteiger partial charge in [0.25, 0.3) is 5.69 Å². The number of benzene rings is 1. The average molecular weight is 410 g/mol. The first kappa shape index (κ1) is 20.3. The van der Waals surface area contributed by atoms with Gasteiger partial charge in [0.15, 0.2) is 5.78 Å². The Balaban J connectivity index is 1.80. The second kappa shape index (κ2) is 8.42. The molecule has 0 amide bonds. The normalized spacial score (nSPS) is 22.4. The predicted molar refractivity (Wildman–Crippen MR) is 111 cm³/mol. The summed E-state index contributed by atoms with van der Waals surface area (Å²) in [6, 6.07) is 6.36. The smallest absolute Gasteiger partial charge is 0.337 e. The number of nitro benzene ring substituents is 1. The summed E-state index contributed by atoms with van der Waals surface area (Å²) >= 11 is 0. The Morgan fingerprint density at radius 2 is 1.87 bits per heavy atom. The van der Waals surface area contributed by atoms with Crippen molar-refractivity contribution >= 4 is 17.4 Å². The number of ether oxygens (including phenoxy) is 1. The van der Waals surface area contributed by atoms with Gasteiger partial charge in [-0.3, -0.25) is 14.9 Å². The zero-order valence-electron chi connectivity index (χ0n) is 17.1. The van der Waals surface area contributed by atoms with Crippen molar-refractivity contribution in [3.8, 4) is 0 Å². The van der Waals surface area contributed by atoms with E-state index in [0.29, 0.717) is 35.2 Å². The van der Waals surface area contributed by atoms with E-state index in [0.717, 1.165) is 44.2 Å². The SMILES string of the molecule is CC1=C(C(=O)OC2CCCCC2)[C@H](c2ccccc2[N+](=O)[O-])C2=C(CCCC2=O)N1. The highest BCUT2D eigenvalue weighted by Gasteiger charge is 2.42. The predicted octanol–water partition coefficient (Wildman–Crippen LogP) is 4.44. The minimum Gasteiger partial charge on any atom is -0.459 e. The lowest BCUT2D eigenvalue weighted by Crippen LogP contribution is -2.35. The van der Waals surface area contributed by atoms with Crippen LogP contribution in [0.15, 0.2) is 46.8 Å². The summed E-state index contributed by atoms with van der Waals surface area (Å²) in [5.41, 5.74) is 2.42. The number of rotatable bonds is 4. The molecule has 4 rings (SSSR count). The van der Waals surface area contributed by atoms with Crippen LogP contribution in [0.3, 0.4) is 0 Å². The summed E-state index contributed by atoms with van der Waals surface area (Å²) in [6.07, 6.45) is 6.48. The van der Waals surface area contributed by atoms with Crippen LogP contribution in [0.1, 0.15) is 69.8 Å². The summed E-state index contributed by atoms with van der Waals surface area (Å²) in [6.45, 7) is 1.78. The highest BCUT2D eigenvalue weighted by atomic mass is 16.6. The van der Waals surface area contributed by atoms with Gasteiger partial charge in [0, 0.05) is 35.0 Å². The Bertz CT molecular complexity index is 956. The summed E-state index contributed by atoms with van der Waals surface area (Å²) in [4.78, 5) is 37.5. The number of Topliss-reactive ketones (excluding diaryl/α,β-unsaturated/α-hetero) is 1. The van der Waals surface area contributed by atoms with E-state index in [-0.39, 0.29) is 17.6 Å². The molecule has 1 N–H and O–H groups in total. The van der Waals surface area contributed by atoms with Gasteiger partial charge in [-0.2, -0.15) is 0 Å². The molecule has 0 spiro atoms. The fraction of sp³-hybridized carbons (Fsp3) is 0.478. The average Bonchev–Trinajstić information content (AvgIpc) is 2.73. The lowest BCUT2D eigenvalue weighted by atomic mass is 9.75. The quantitative estimate of drug-likeness (QED) is 0.448. The van der Waals surface area contributed by atoms with Crippen LogP contribution in [-0.2, 0) is 14.3 Å². The number of dihydropyridines is 1. The van der Waals surface area contributed by atoms with Crippen LogP contribution in [0.4, 0.5) is 5.69 Å². The number of allylic oxidation sites excluding steroid dienone is 3. The summed E-state index contributed by atoms with van der Waals surface area (Å²) in [5.74, 6) is -1.34. The van der Waals surface area contributed by atoms with Gasteiger partial charge in [-0.15, -0.1) is 0 Å². The number of carbonyl (C=O) groups excluding carboxylic acids is 2. The van der Waals surface area contributed by atoms with E-state index in [1.165, 1.54) is 6.07 Å². The maximum Gasteiger partial charge on any atom is 0.337 e. The fourth-order valence-electron chi connectivity index (χ4n) is 4.86. The van der Waals surface area contributed by atoms with Crippen molar-refractivity contribution in [3.63, 3.8) is 0 Å². The molecule has 0 saturated heterocycles. The number of nitrogens with zero attached hydrogens (tertiary/aromatic N) is 1. The molecular formula is C23H26N2O5. The molecule has 1 aromatic carbocycles. The van der Waals surface area contributed by atoms with Crippen LogP contribution in [0.25, 0.3) is 0 Å². The van der Waals surface area contributed by atoms with E-state index in [4.69, 9.17) is 4.74 Å². The molecule has 2 aliphatic carbocycles. The molecule has 0 bridgehead atoms. The number of para-hydroxylation sites is 1. The molecule has 3 aliphatic rings. The second-order valence-electron chi connectivity index (χ2n) is 8.25. The molecule has 0 radical (unpaired) electrons. The van der Waals surface area contributed by atoms with Crippen molar-refractivity contribution < 1.29 is 19.2 Å². The summed E-state index contributed by atoms with van der Waals surface area (Å²) in [5, 5.41) is 15.0. The number of esters is 1. The zero-order valence-corrected chi connectivity index (χ0v) is 17.1. The van der Waals surface area contributed by atoms with Gasteiger partial charge in [0.2, 0.25) is 0 Å². The van der Waals surface area contributed by atoms with E-state index < -0.39 is 16.8 Å². The minimum absolute atomic E-state index is 0.0673. The van der Waals surface area contributed by atoms with Crippen molar-refractivity contribution in [3.05, 3.63) is 62.5 Å². The number of nitro groups is 1. The summed E-state index contributed by atoms with van der Waals surface area (Å²) in [7, 11) is 0. The van der Waals surface area contributed by atoms with Crippen LogP contribution in [0.5, 0.6) is 0 Å². The molecule has 1 heterocycles. The molecule has 1 aliphatic heterocycles. The minimum atomic E-state index is -0.785. The standard InChI is InChI=1S/C23H26N2O5/c1-14-20(23(27)30-15-8-3-2-4-9-15)21(16-10-5-6-12-18(16)25(28)29)22-17(24-14)11-7-13-19(22)26/h5-6,10,12,15,21,24H,2-4,7-9,11,13H2,1H3/t21-/m0/s1. The third-order valence-corrected chi connectivity index (χ3v) is 6.27. The highest BCUT2D eigenvalue weighted by Crippen LogP contribution is 2.45. The first-order valence-corrected chi connectivity index (χ1v) is 10.7. The van der Waals surface area contributed by atoms with Crippen LogP contribution in [-0.4, -0.2) is 22.8 Å². The van der Waals surface area contributed by atoms with Gasteiger partial charge in [-0.25, -0.2) is 4.79 Å². The molecule has 30 heavy (non-hydrogen) atoms. The number of nitrogens with one attached hydrogen (secondary N) is 1. The first-order chi connectivity index (χ1) is 14.5. The number of hydrogen-bond donors (Lipinski definition) is 1. The Morgan fingerprint density at radius 1 is 1.13 bits per heavy atom. The topological polar surface area (TPSA) is 98.5 Å². The van der Waals surface area contributed by atoms with E-state index in [9.17, 15) is 19.7 Å². The number of carbonyl (C=O) groups is 2. The van der Waals surface area contributed by atoms with Gasteiger partial charge in [-0.05, 0) is 45.4 Å². The molecule has 7 heteroatoms. The fourth-order valence-corrected chi connectivity index (χ4v) is 4.86. The zero-order chi connectivity index (χ0) is 21.3. The van der Waals surface area contributed by atoms with E-state index in [1.54, 1.807) is 25.1 Å². The summed E-state index contributed by atoms with van der Waals surface area (Å²) < 4.78 is 5.83. The van der Waals surface area contributed by atoms with Crippen molar-refractivity contribution in [2.45, 2.75) is 70.3 Å². The van der Waals surface area contributed by atoms with E-state index in [1.807, 2.05) is 0 Å². The first-order valence-electron chi connectivity index (χ1n) is 10.7. The second-order valence-corrected chi connectivity index (χ2v) is 8.25. The van der Waals surface area contributed by atoms with Crippen LogP contribution >= 0.6 is 0 Å². The van der Waals surface area contributed by atoms with Crippen molar-refractivity contribution in [2.75, 3.05) is 0 Å². The number of hydrogen-bond acceptors (Lipinski definition) is 6. The molecule has 1 aromatic rings. The molecule has 1 atom stereocenters. The van der Waals surface area contributed by atoms with Crippen LogP contribution in [0.2, 0.25) is 0 Å². The molecule has 7 nitrogen and oxygen atoms in total. The van der Waals surface area contributed by atoms with Crippen LogP contribution in [0, 0.1) is 10.1 Å². The van der Waals surface area contributed by atoms with Gasteiger partial charge < -0.3 is 10.1 Å². The molecule has 1 fully saturated rings. The molecular weight excluding hydrogens is 384 g/mol. The Kier molecular flexibility index (Phi) is 5.70. The lowest BCUT2D eigenvalue weighted by molar-refractivity contribution is -0.385. The van der Waals surface area contributed by atoms with Gasteiger partial charge >= 0.3 is 5.97 Å². The largest absolute Gasteiger partial charge is 0.459 e.